The molecule has 2 unspecified atom stereocenters. The van der Waals surface area contributed by atoms with Crippen LogP contribution in [-0.2, 0) is 20.6 Å². The maximum atomic E-state index is 12.7. The average Bonchev–Trinajstić information content (AvgIpc) is 3.39. The quantitative estimate of drug-likeness (QED) is 0.771. The lowest BCUT2D eigenvalue weighted by Crippen LogP contribution is -2.54. The van der Waals surface area contributed by atoms with Crippen LogP contribution in [0.5, 0.6) is 0 Å². The number of hydrogen-bond acceptors (Lipinski definition) is 5. The number of carbonyl (C=O) groups is 1. The monoisotopic (exact) mass is 378 g/mol. The van der Waals surface area contributed by atoms with Gasteiger partial charge in [0, 0.05) is 32.2 Å². The lowest BCUT2D eigenvalue weighted by Gasteiger charge is -2.35. The molecule has 2 aliphatic heterocycles. The van der Waals surface area contributed by atoms with Gasteiger partial charge in [0.1, 0.15) is 6.04 Å². The van der Waals surface area contributed by atoms with Gasteiger partial charge in [0.15, 0.2) is 0 Å². The molecule has 4 rings (SSSR count). The summed E-state index contributed by atoms with van der Waals surface area (Å²) in [5.74, 6) is 0.805. The Kier molecular flexibility index (Phi) is 5.00. The van der Waals surface area contributed by atoms with Gasteiger partial charge in [0.2, 0.25) is 15.9 Å². The van der Waals surface area contributed by atoms with Crippen molar-refractivity contribution in [2.24, 2.45) is 5.92 Å². The van der Waals surface area contributed by atoms with Crippen LogP contribution in [0.15, 0.2) is 30.3 Å². The molecule has 26 heavy (non-hydrogen) atoms. The van der Waals surface area contributed by atoms with Crippen LogP contribution in [0.4, 0.5) is 0 Å². The first-order valence-corrected chi connectivity index (χ1v) is 11.0. The maximum Gasteiger partial charge on any atom is 0.241 e. The van der Waals surface area contributed by atoms with Crippen molar-refractivity contribution in [3.63, 3.8) is 0 Å². The van der Waals surface area contributed by atoms with Gasteiger partial charge in [-0.05, 0) is 30.7 Å². The summed E-state index contributed by atoms with van der Waals surface area (Å²) in [5.41, 5.74) is 7.16. The highest BCUT2D eigenvalue weighted by atomic mass is 32.2. The van der Waals surface area contributed by atoms with E-state index in [0.29, 0.717) is 38.1 Å². The van der Waals surface area contributed by atoms with E-state index in [-0.39, 0.29) is 17.7 Å². The number of rotatable bonds is 5. The highest BCUT2D eigenvalue weighted by Gasteiger charge is 2.40. The SMILES string of the molecule is O=C(C1CC(C2CC2)NN1)N1CCN(S(=O)(=O)Cc2ccccc2)CC1. The Hall–Kier alpha value is -1.48. The smallest absolute Gasteiger partial charge is 0.241 e. The van der Waals surface area contributed by atoms with Gasteiger partial charge in [-0.25, -0.2) is 13.8 Å². The minimum Gasteiger partial charge on any atom is -0.339 e. The molecule has 2 N–H and O–H groups in total. The molecule has 3 fully saturated rings. The fraction of sp³-hybridized carbons (Fsp3) is 0.611. The fourth-order valence-corrected chi connectivity index (χ4v) is 5.35. The summed E-state index contributed by atoms with van der Waals surface area (Å²) in [4.78, 5) is 14.5. The van der Waals surface area contributed by atoms with E-state index in [2.05, 4.69) is 10.9 Å². The molecule has 2 saturated heterocycles. The highest BCUT2D eigenvalue weighted by molar-refractivity contribution is 7.88. The normalized spacial score (nSPS) is 27.6. The summed E-state index contributed by atoms with van der Waals surface area (Å²) in [6.07, 6.45) is 3.33. The molecule has 2 heterocycles. The fourth-order valence-electron chi connectivity index (χ4n) is 3.83. The second-order valence-corrected chi connectivity index (χ2v) is 9.46. The maximum absolute atomic E-state index is 12.7. The van der Waals surface area contributed by atoms with Gasteiger partial charge in [-0.1, -0.05) is 30.3 Å². The molecule has 2 atom stereocenters. The molecule has 0 bridgehead atoms. The van der Waals surface area contributed by atoms with Gasteiger partial charge in [-0.15, -0.1) is 0 Å². The average molecular weight is 378 g/mol. The molecule has 1 saturated carbocycles. The van der Waals surface area contributed by atoms with Crippen LogP contribution in [0.2, 0.25) is 0 Å². The lowest BCUT2D eigenvalue weighted by atomic mass is 10.1. The minimum absolute atomic E-state index is 0.0129. The van der Waals surface area contributed by atoms with Crippen molar-refractivity contribution < 1.29 is 13.2 Å². The third-order valence-electron chi connectivity index (χ3n) is 5.56. The molecule has 1 aromatic carbocycles. The lowest BCUT2D eigenvalue weighted by molar-refractivity contribution is -0.134. The Morgan fingerprint density at radius 1 is 1.04 bits per heavy atom. The largest absolute Gasteiger partial charge is 0.339 e. The van der Waals surface area contributed by atoms with E-state index in [1.165, 1.54) is 17.1 Å². The minimum atomic E-state index is -3.35. The van der Waals surface area contributed by atoms with Crippen molar-refractivity contribution in [1.29, 1.82) is 0 Å². The predicted molar refractivity (Wildman–Crippen MR) is 98.4 cm³/mol. The molecule has 8 heteroatoms. The molecule has 0 radical (unpaired) electrons. The first-order chi connectivity index (χ1) is 12.5. The third kappa shape index (κ3) is 3.93. The van der Waals surface area contributed by atoms with Crippen LogP contribution >= 0.6 is 0 Å². The van der Waals surface area contributed by atoms with Crippen molar-refractivity contribution in [2.45, 2.75) is 37.1 Å². The molecule has 0 spiro atoms. The van der Waals surface area contributed by atoms with Crippen LogP contribution in [0.3, 0.4) is 0 Å². The molecule has 3 aliphatic rings. The van der Waals surface area contributed by atoms with E-state index in [1.54, 1.807) is 4.90 Å². The molecule has 7 nitrogen and oxygen atoms in total. The van der Waals surface area contributed by atoms with Gasteiger partial charge in [0.05, 0.1) is 5.75 Å². The number of nitrogens with zero attached hydrogens (tertiary/aromatic N) is 2. The number of hydrazine groups is 1. The topological polar surface area (TPSA) is 81.8 Å². The first-order valence-electron chi connectivity index (χ1n) is 9.34. The first kappa shape index (κ1) is 17.9. The third-order valence-corrected chi connectivity index (χ3v) is 7.41. The van der Waals surface area contributed by atoms with Gasteiger partial charge in [-0.3, -0.25) is 10.2 Å². The molecule has 1 amide bonds. The molecular formula is C18H26N4O3S. The Morgan fingerprint density at radius 2 is 1.73 bits per heavy atom. The summed E-state index contributed by atoms with van der Waals surface area (Å²) in [7, 11) is -3.35. The van der Waals surface area contributed by atoms with Gasteiger partial charge >= 0.3 is 0 Å². The molecule has 1 aromatic rings. The summed E-state index contributed by atoms with van der Waals surface area (Å²) in [5, 5.41) is 0. The summed E-state index contributed by atoms with van der Waals surface area (Å²) in [6, 6.07) is 9.43. The highest BCUT2D eigenvalue weighted by Crippen LogP contribution is 2.35. The molecule has 1 aliphatic carbocycles. The van der Waals surface area contributed by atoms with E-state index in [0.717, 1.165) is 12.0 Å². The van der Waals surface area contributed by atoms with Crippen LogP contribution in [0.25, 0.3) is 0 Å². The Balaban J connectivity index is 1.30. The van der Waals surface area contributed by atoms with Crippen molar-refractivity contribution in [1.82, 2.24) is 20.1 Å². The van der Waals surface area contributed by atoms with Crippen molar-refractivity contribution in [3.05, 3.63) is 35.9 Å². The van der Waals surface area contributed by atoms with Crippen LogP contribution in [0, 0.1) is 5.92 Å². The standard InChI is InChI=1S/C18H26N4O3S/c23-18(17-12-16(19-20-17)15-6-7-15)21-8-10-22(11-9-21)26(24,25)13-14-4-2-1-3-5-14/h1-5,15-17,19-20H,6-13H2. The van der Waals surface area contributed by atoms with Gasteiger partial charge in [-0.2, -0.15) is 4.31 Å². The number of amides is 1. The predicted octanol–water partition coefficient (Wildman–Crippen LogP) is 0.306. The number of hydrogen-bond donors (Lipinski definition) is 2. The Morgan fingerprint density at radius 3 is 2.38 bits per heavy atom. The zero-order valence-corrected chi connectivity index (χ0v) is 15.6. The van der Waals surface area contributed by atoms with Crippen molar-refractivity contribution >= 4 is 15.9 Å². The zero-order valence-electron chi connectivity index (χ0n) is 14.8. The van der Waals surface area contributed by atoms with E-state index in [1.807, 2.05) is 30.3 Å². The van der Waals surface area contributed by atoms with Gasteiger partial charge < -0.3 is 4.90 Å². The second-order valence-electron chi connectivity index (χ2n) is 7.49. The summed E-state index contributed by atoms with van der Waals surface area (Å²) in [6.45, 7) is 1.65. The number of carbonyl (C=O) groups excluding carboxylic acids is 1. The number of sulfonamides is 1. The van der Waals surface area contributed by atoms with Gasteiger partial charge in [0.25, 0.3) is 0 Å². The Labute approximate surface area is 154 Å². The van der Waals surface area contributed by atoms with Crippen LogP contribution in [0.1, 0.15) is 24.8 Å². The summed E-state index contributed by atoms with van der Waals surface area (Å²) >= 11 is 0. The zero-order chi connectivity index (χ0) is 18.1. The van der Waals surface area contributed by atoms with E-state index >= 15 is 0 Å². The molecule has 142 valence electrons. The van der Waals surface area contributed by atoms with Crippen LogP contribution in [-0.4, -0.2) is 61.8 Å². The number of benzene rings is 1. The Bertz CT molecular complexity index is 743. The van der Waals surface area contributed by atoms with E-state index < -0.39 is 10.0 Å². The van der Waals surface area contributed by atoms with Crippen LogP contribution < -0.4 is 10.9 Å². The van der Waals surface area contributed by atoms with E-state index in [4.69, 9.17) is 0 Å². The molecular weight excluding hydrogens is 352 g/mol. The second kappa shape index (κ2) is 7.26. The number of piperazine rings is 1. The van der Waals surface area contributed by atoms with E-state index in [9.17, 15) is 13.2 Å². The van der Waals surface area contributed by atoms with Crippen molar-refractivity contribution in [3.8, 4) is 0 Å². The molecule has 0 aromatic heterocycles. The van der Waals surface area contributed by atoms with Crippen molar-refractivity contribution in [2.75, 3.05) is 26.2 Å². The number of nitrogens with one attached hydrogen (secondary N) is 2. The summed E-state index contributed by atoms with van der Waals surface area (Å²) < 4.78 is 26.7.